The Morgan fingerprint density at radius 1 is 1.08 bits per heavy atom. The van der Waals surface area contributed by atoms with Gasteiger partial charge in [-0.25, -0.2) is 9.67 Å². The van der Waals surface area contributed by atoms with Crippen LogP contribution in [0.3, 0.4) is 0 Å². The van der Waals surface area contributed by atoms with Crippen molar-refractivity contribution >= 4 is 29.2 Å². The molecular formula is C27H27ClN6O2. The van der Waals surface area contributed by atoms with Crippen LogP contribution in [-0.2, 0) is 17.6 Å². The van der Waals surface area contributed by atoms with E-state index in [1.165, 1.54) is 24.5 Å². The molecule has 0 spiro atoms. The van der Waals surface area contributed by atoms with Crippen LogP contribution in [-0.4, -0.2) is 56.0 Å². The van der Waals surface area contributed by atoms with Crippen molar-refractivity contribution in [2.45, 2.75) is 37.6 Å². The Balaban J connectivity index is 1.41. The third kappa shape index (κ3) is 3.86. The number of carbonyl (C=O) groups excluding carboxylic acids is 2. The molecule has 6 rings (SSSR count). The van der Waals surface area contributed by atoms with Gasteiger partial charge < -0.3 is 15.5 Å². The van der Waals surface area contributed by atoms with Gasteiger partial charge in [-0.3, -0.25) is 9.59 Å². The molecule has 0 radical (unpaired) electrons. The molecule has 8 nitrogen and oxygen atoms in total. The van der Waals surface area contributed by atoms with E-state index in [4.69, 9.17) is 22.4 Å². The highest BCUT2D eigenvalue weighted by Gasteiger charge is 2.40. The lowest BCUT2D eigenvalue weighted by Gasteiger charge is -2.38. The number of benzene rings is 1. The Hall–Kier alpha value is -3.65. The van der Waals surface area contributed by atoms with Crippen molar-refractivity contribution in [1.82, 2.24) is 24.6 Å². The number of nitrogens with zero attached hydrogens (tertiary/aromatic N) is 5. The van der Waals surface area contributed by atoms with Crippen LogP contribution >= 0.6 is 11.6 Å². The van der Waals surface area contributed by atoms with Gasteiger partial charge in [0.2, 0.25) is 5.91 Å². The predicted molar refractivity (Wildman–Crippen MR) is 137 cm³/mol. The monoisotopic (exact) mass is 502 g/mol. The largest absolute Gasteiger partial charge is 0.383 e. The van der Waals surface area contributed by atoms with E-state index in [0.717, 1.165) is 22.6 Å². The number of hydrogen-bond donors (Lipinski definition) is 1. The van der Waals surface area contributed by atoms with Crippen molar-refractivity contribution in [1.29, 1.82) is 0 Å². The Labute approximate surface area is 214 Å². The molecule has 2 aliphatic heterocycles. The molecule has 0 bridgehead atoms. The normalized spacial score (nSPS) is 19.0. The Morgan fingerprint density at radius 3 is 2.56 bits per heavy atom. The molecule has 1 fully saturated rings. The van der Waals surface area contributed by atoms with Crippen molar-refractivity contribution in [3.8, 4) is 5.69 Å². The lowest BCUT2D eigenvalue weighted by molar-refractivity contribution is -0.126. The highest BCUT2D eigenvalue weighted by Crippen LogP contribution is 2.41. The van der Waals surface area contributed by atoms with Gasteiger partial charge >= 0.3 is 0 Å². The molecule has 1 aromatic carbocycles. The summed E-state index contributed by atoms with van der Waals surface area (Å²) in [4.78, 5) is 33.9. The van der Waals surface area contributed by atoms with E-state index in [9.17, 15) is 9.59 Å². The van der Waals surface area contributed by atoms with Gasteiger partial charge in [-0.1, -0.05) is 30.3 Å². The molecule has 36 heavy (non-hydrogen) atoms. The van der Waals surface area contributed by atoms with Crippen molar-refractivity contribution < 1.29 is 9.59 Å². The molecule has 2 amide bonds. The van der Waals surface area contributed by atoms with Gasteiger partial charge in [0.15, 0.2) is 0 Å². The summed E-state index contributed by atoms with van der Waals surface area (Å²) in [6, 6.07) is 11.5. The third-order valence-electron chi connectivity index (χ3n) is 7.46. The second kappa shape index (κ2) is 8.78. The first-order valence-corrected chi connectivity index (χ1v) is 12.7. The molecule has 2 aromatic heterocycles. The number of carbonyl (C=O) groups is 2. The van der Waals surface area contributed by atoms with Crippen LogP contribution in [0.2, 0.25) is 5.15 Å². The van der Waals surface area contributed by atoms with Gasteiger partial charge in [-0.05, 0) is 54.7 Å². The van der Waals surface area contributed by atoms with Crippen LogP contribution in [0.25, 0.3) is 5.69 Å². The van der Waals surface area contributed by atoms with E-state index in [2.05, 4.69) is 35.8 Å². The number of hydrogen-bond acceptors (Lipinski definition) is 5. The molecule has 1 unspecified atom stereocenters. The van der Waals surface area contributed by atoms with Crippen molar-refractivity contribution in [2.75, 3.05) is 25.4 Å². The molecule has 4 heterocycles. The van der Waals surface area contributed by atoms with Gasteiger partial charge in [-0.15, -0.1) is 0 Å². The predicted octanol–water partition coefficient (Wildman–Crippen LogP) is 3.69. The minimum absolute atomic E-state index is 0.0950. The number of amides is 2. The first-order valence-electron chi connectivity index (χ1n) is 12.3. The number of nitrogens with two attached hydrogens (primary N) is 1. The average molecular weight is 503 g/mol. The number of nitrogen functional groups attached to an aromatic ring is 1. The standard InChI is InChI=1S/C27H27ClN6O2/c1-2-24(35)32-13-11-20-25-21(34(31-20)18-7-5-17(6-8-18)16-3-4-16)12-14-33(22(25)15-32)27(36)19-9-10-23(28)30-26(19)29/h2,5-10,16,22H,1,3-4,11-15H2,(H2,29,30). The summed E-state index contributed by atoms with van der Waals surface area (Å²) >= 11 is 5.96. The molecule has 3 aliphatic rings. The molecule has 3 aromatic rings. The lowest BCUT2D eigenvalue weighted by Crippen LogP contribution is -2.46. The quantitative estimate of drug-likeness (QED) is 0.433. The third-order valence-corrected chi connectivity index (χ3v) is 7.67. The molecule has 0 saturated heterocycles. The first kappa shape index (κ1) is 22.8. The molecule has 1 saturated carbocycles. The minimum Gasteiger partial charge on any atom is -0.383 e. The number of aromatic nitrogens is 3. The van der Waals surface area contributed by atoms with E-state index >= 15 is 0 Å². The molecular weight excluding hydrogens is 476 g/mol. The summed E-state index contributed by atoms with van der Waals surface area (Å²) < 4.78 is 2.03. The van der Waals surface area contributed by atoms with E-state index < -0.39 is 0 Å². The van der Waals surface area contributed by atoms with Crippen molar-refractivity contribution in [3.05, 3.63) is 82.3 Å². The van der Waals surface area contributed by atoms with Crippen molar-refractivity contribution in [3.63, 3.8) is 0 Å². The zero-order valence-electron chi connectivity index (χ0n) is 19.9. The number of anilines is 1. The fourth-order valence-corrected chi connectivity index (χ4v) is 5.62. The van der Waals surface area contributed by atoms with Gasteiger partial charge in [-0.2, -0.15) is 5.10 Å². The van der Waals surface area contributed by atoms with Crippen LogP contribution in [0.5, 0.6) is 0 Å². The van der Waals surface area contributed by atoms with Crippen LogP contribution in [0.1, 0.15) is 57.7 Å². The van der Waals surface area contributed by atoms with Gasteiger partial charge in [0.05, 0.1) is 28.7 Å². The SMILES string of the molecule is C=CC(=O)N1CCc2nn(-c3ccc(C4CC4)cc3)c3c2C(C1)N(C(=O)c1ccc(Cl)nc1N)CC3. The van der Waals surface area contributed by atoms with Gasteiger partial charge in [0, 0.05) is 38.0 Å². The summed E-state index contributed by atoms with van der Waals surface area (Å²) in [5.41, 5.74) is 11.8. The summed E-state index contributed by atoms with van der Waals surface area (Å²) in [6.45, 7) is 5.01. The smallest absolute Gasteiger partial charge is 0.258 e. The van der Waals surface area contributed by atoms with Gasteiger partial charge in [0.1, 0.15) is 11.0 Å². The maximum atomic E-state index is 13.7. The van der Waals surface area contributed by atoms with E-state index in [0.29, 0.717) is 44.0 Å². The van der Waals surface area contributed by atoms with Gasteiger partial charge in [0.25, 0.3) is 5.91 Å². The van der Waals surface area contributed by atoms with Crippen LogP contribution < -0.4 is 5.73 Å². The maximum absolute atomic E-state index is 13.7. The zero-order chi connectivity index (χ0) is 25.0. The van der Waals surface area contributed by atoms with E-state index in [1.807, 2.05) is 4.68 Å². The Kier molecular flexibility index (Phi) is 5.56. The second-order valence-electron chi connectivity index (χ2n) is 9.65. The van der Waals surface area contributed by atoms with Crippen molar-refractivity contribution in [2.24, 2.45) is 0 Å². The fraction of sp³-hybridized carbons (Fsp3) is 0.333. The molecule has 1 aliphatic carbocycles. The first-order chi connectivity index (χ1) is 17.4. The lowest BCUT2D eigenvalue weighted by atomic mass is 9.94. The molecule has 184 valence electrons. The summed E-state index contributed by atoms with van der Waals surface area (Å²) in [5, 5.41) is 5.24. The number of pyridine rings is 1. The molecule has 9 heteroatoms. The van der Waals surface area contributed by atoms with Crippen LogP contribution in [0.4, 0.5) is 5.82 Å². The maximum Gasteiger partial charge on any atom is 0.258 e. The average Bonchev–Trinajstić information content (AvgIpc) is 3.69. The zero-order valence-corrected chi connectivity index (χ0v) is 20.6. The van der Waals surface area contributed by atoms with Crippen LogP contribution in [0.15, 0.2) is 49.1 Å². The highest BCUT2D eigenvalue weighted by molar-refractivity contribution is 6.29. The highest BCUT2D eigenvalue weighted by atomic mass is 35.5. The fourth-order valence-electron chi connectivity index (χ4n) is 5.47. The molecule has 2 N–H and O–H groups in total. The summed E-state index contributed by atoms with van der Waals surface area (Å²) in [5.74, 6) is 0.403. The number of halogens is 1. The van der Waals surface area contributed by atoms with E-state index in [1.54, 1.807) is 21.9 Å². The Morgan fingerprint density at radius 2 is 1.86 bits per heavy atom. The summed E-state index contributed by atoms with van der Waals surface area (Å²) in [6.07, 6.45) is 5.10. The summed E-state index contributed by atoms with van der Waals surface area (Å²) in [7, 11) is 0. The minimum atomic E-state index is -0.350. The second-order valence-corrected chi connectivity index (χ2v) is 10.0. The Bertz CT molecular complexity index is 1380. The van der Waals surface area contributed by atoms with Crippen LogP contribution in [0, 0.1) is 0 Å². The molecule has 1 atom stereocenters. The van der Waals surface area contributed by atoms with E-state index in [-0.39, 0.29) is 28.8 Å². The number of rotatable bonds is 4. The topological polar surface area (TPSA) is 97.4 Å².